The summed E-state index contributed by atoms with van der Waals surface area (Å²) in [4.78, 5) is 2.53. The molecule has 1 saturated carbocycles. The summed E-state index contributed by atoms with van der Waals surface area (Å²) in [6, 6.07) is 74.9. The molecule has 0 spiro atoms. The van der Waals surface area contributed by atoms with Gasteiger partial charge >= 0.3 is 0 Å². The van der Waals surface area contributed by atoms with Gasteiger partial charge in [-0.1, -0.05) is 189 Å². The number of benzene rings is 9. The minimum absolute atomic E-state index is 0.316. The standard InChI is InChI=1S/C58H47N/c1-58(44-25-6-3-7-26-44)54-34-12-10-29-50(54)51-37-36-46(39-55(51)58)59(45-27-14-24-43(38-45)48-31-15-21-40-20-8-9-28-47(40)48)56-35-13-11-30-52(56)53-33-17-23-42-22-16-32-49(57(42)53)41-18-4-2-5-19-41/h3,6-17,20-39,41H,2,4-5,18-19H2,1H3. The van der Waals surface area contributed by atoms with E-state index < -0.39 is 0 Å². The van der Waals surface area contributed by atoms with Crippen LogP contribution in [-0.2, 0) is 5.41 Å². The molecule has 0 aliphatic heterocycles. The largest absolute Gasteiger partial charge is 0.310 e. The molecule has 11 rings (SSSR count). The van der Waals surface area contributed by atoms with Crippen molar-refractivity contribution in [3.8, 4) is 33.4 Å². The highest BCUT2D eigenvalue weighted by atomic mass is 15.1. The summed E-state index contributed by atoms with van der Waals surface area (Å²) in [6.45, 7) is 2.42. The third-order valence-electron chi connectivity index (χ3n) is 13.5. The fraction of sp³-hybridized carbons (Fsp3) is 0.138. The molecule has 0 saturated heterocycles. The number of fused-ring (bicyclic) bond motifs is 5. The summed E-state index contributed by atoms with van der Waals surface area (Å²) in [7, 11) is 0. The zero-order valence-electron chi connectivity index (χ0n) is 33.6. The van der Waals surface area contributed by atoms with E-state index in [2.05, 4.69) is 212 Å². The van der Waals surface area contributed by atoms with Gasteiger partial charge in [-0.25, -0.2) is 0 Å². The third-order valence-corrected chi connectivity index (χ3v) is 13.5. The van der Waals surface area contributed by atoms with Crippen molar-refractivity contribution in [1.29, 1.82) is 0 Å². The van der Waals surface area contributed by atoms with Crippen molar-refractivity contribution >= 4 is 38.6 Å². The highest BCUT2D eigenvalue weighted by Gasteiger charge is 2.41. The lowest BCUT2D eigenvalue weighted by Crippen LogP contribution is -2.23. The molecular weight excluding hydrogens is 711 g/mol. The normalized spacial score (nSPS) is 16.2. The zero-order valence-corrected chi connectivity index (χ0v) is 33.6. The molecule has 2 aliphatic rings. The van der Waals surface area contributed by atoms with Crippen LogP contribution in [0.4, 0.5) is 17.1 Å². The highest BCUT2D eigenvalue weighted by molar-refractivity contribution is 6.04. The number of nitrogens with zero attached hydrogens (tertiary/aromatic N) is 1. The van der Waals surface area contributed by atoms with Crippen LogP contribution >= 0.6 is 0 Å². The Labute approximate surface area is 348 Å². The first kappa shape index (κ1) is 35.5. The molecule has 0 N–H and O–H groups in total. The molecule has 0 bridgehead atoms. The van der Waals surface area contributed by atoms with Gasteiger partial charge in [-0.3, -0.25) is 0 Å². The Kier molecular flexibility index (Phi) is 8.77. The molecule has 1 nitrogen and oxygen atoms in total. The number of hydrogen-bond donors (Lipinski definition) is 0. The number of anilines is 3. The van der Waals surface area contributed by atoms with Crippen molar-refractivity contribution in [3.05, 3.63) is 222 Å². The van der Waals surface area contributed by atoms with Gasteiger partial charge in [-0.15, -0.1) is 0 Å². The lowest BCUT2D eigenvalue weighted by Gasteiger charge is -2.32. The molecule has 1 fully saturated rings. The lowest BCUT2D eigenvalue weighted by molar-refractivity contribution is 0.445. The first-order valence-corrected chi connectivity index (χ1v) is 21.5. The molecule has 1 heteroatoms. The van der Waals surface area contributed by atoms with E-state index >= 15 is 0 Å². The van der Waals surface area contributed by atoms with Crippen LogP contribution in [0.5, 0.6) is 0 Å². The van der Waals surface area contributed by atoms with Crippen LogP contribution in [0, 0.1) is 0 Å². The van der Waals surface area contributed by atoms with E-state index in [1.165, 1.54) is 115 Å². The van der Waals surface area contributed by atoms with Gasteiger partial charge in [0, 0.05) is 22.4 Å². The van der Waals surface area contributed by atoms with Crippen molar-refractivity contribution in [2.75, 3.05) is 4.90 Å². The molecule has 1 unspecified atom stereocenters. The summed E-state index contributed by atoms with van der Waals surface area (Å²) in [6.07, 6.45) is 6.49. The van der Waals surface area contributed by atoms with E-state index in [4.69, 9.17) is 0 Å². The number of rotatable bonds is 7. The monoisotopic (exact) mass is 757 g/mol. The van der Waals surface area contributed by atoms with Gasteiger partial charge in [0.15, 0.2) is 0 Å². The fourth-order valence-electron chi connectivity index (χ4n) is 10.7. The molecule has 0 radical (unpaired) electrons. The second-order valence-corrected chi connectivity index (χ2v) is 16.8. The quantitative estimate of drug-likeness (QED) is 0.156. The van der Waals surface area contributed by atoms with Crippen molar-refractivity contribution in [3.63, 3.8) is 0 Å². The predicted molar refractivity (Wildman–Crippen MR) is 250 cm³/mol. The van der Waals surface area contributed by atoms with E-state index in [-0.39, 0.29) is 5.41 Å². The Bertz CT molecular complexity index is 3000. The first-order chi connectivity index (χ1) is 29.2. The van der Waals surface area contributed by atoms with Crippen LogP contribution in [-0.4, -0.2) is 0 Å². The van der Waals surface area contributed by atoms with Gasteiger partial charge < -0.3 is 4.90 Å². The Morgan fingerprint density at radius 2 is 1.07 bits per heavy atom. The molecule has 284 valence electrons. The summed E-state index contributed by atoms with van der Waals surface area (Å²) in [5.41, 5.74) is 16.2. The van der Waals surface area contributed by atoms with Gasteiger partial charge in [-0.2, -0.15) is 0 Å². The maximum absolute atomic E-state index is 2.53. The highest BCUT2D eigenvalue weighted by Crippen LogP contribution is 2.54. The van der Waals surface area contributed by atoms with Crippen LogP contribution in [0.15, 0.2) is 200 Å². The number of hydrogen-bond acceptors (Lipinski definition) is 1. The van der Waals surface area contributed by atoms with E-state index in [1.807, 2.05) is 0 Å². The molecular formula is C58H47N. The second-order valence-electron chi connectivity index (χ2n) is 16.8. The molecule has 59 heavy (non-hydrogen) atoms. The fourth-order valence-corrected chi connectivity index (χ4v) is 10.7. The third kappa shape index (κ3) is 5.91. The minimum atomic E-state index is -0.316. The average molecular weight is 758 g/mol. The zero-order chi connectivity index (χ0) is 39.3. The molecule has 9 aromatic rings. The average Bonchev–Trinajstić information content (AvgIpc) is 3.57. The SMILES string of the molecule is CC1(c2ccccc2)c2ccccc2-c2ccc(N(c3cccc(-c4cccc5ccccc45)c3)c3ccccc3-c3cccc4cccc(C5CCCCC5)c34)cc21. The van der Waals surface area contributed by atoms with Crippen molar-refractivity contribution < 1.29 is 0 Å². The Morgan fingerprint density at radius 3 is 1.93 bits per heavy atom. The lowest BCUT2D eigenvalue weighted by atomic mass is 9.74. The topological polar surface area (TPSA) is 3.24 Å². The van der Waals surface area contributed by atoms with Crippen LogP contribution < -0.4 is 4.90 Å². The van der Waals surface area contributed by atoms with Gasteiger partial charge in [0.05, 0.1) is 5.69 Å². The summed E-state index contributed by atoms with van der Waals surface area (Å²) in [5, 5.41) is 5.23. The predicted octanol–water partition coefficient (Wildman–Crippen LogP) is 16.2. The smallest absolute Gasteiger partial charge is 0.0540 e. The second kappa shape index (κ2) is 14.6. The number of para-hydroxylation sites is 1. The van der Waals surface area contributed by atoms with Crippen LogP contribution in [0.3, 0.4) is 0 Å². The van der Waals surface area contributed by atoms with Crippen LogP contribution in [0.1, 0.15) is 67.2 Å². The first-order valence-electron chi connectivity index (χ1n) is 21.5. The minimum Gasteiger partial charge on any atom is -0.310 e. The van der Waals surface area contributed by atoms with Crippen molar-refractivity contribution in [1.82, 2.24) is 0 Å². The van der Waals surface area contributed by atoms with E-state index in [1.54, 1.807) is 0 Å². The van der Waals surface area contributed by atoms with E-state index in [0.29, 0.717) is 5.92 Å². The van der Waals surface area contributed by atoms with Gasteiger partial charge in [-0.05, 0) is 128 Å². The van der Waals surface area contributed by atoms with E-state index in [9.17, 15) is 0 Å². The van der Waals surface area contributed by atoms with Gasteiger partial charge in [0.2, 0.25) is 0 Å². The maximum atomic E-state index is 2.53. The molecule has 0 heterocycles. The summed E-state index contributed by atoms with van der Waals surface area (Å²) in [5.74, 6) is 0.586. The van der Waals surface area contributed by atoms with Crippen molar-refractivity contribution in [2.24, 2.45) is 0 Å². The van der Waals surface area contributed by atoms with E-state index in [0.717, 1.165) is 11.4 Å². The van der Waals surface area contributed by atoms with Crippen LogP contribution in [0.2, 0.25) is 0 Å². The molecule has 1 atom stereocenters. The summed E-state index contributed by atoms with van der Waals surface area (Å²) >= 11 is 0. The Balaban J connectivity index is 1.16. The van der Waals surface area contributed by atoms with Crippen LogP contribution in [0.25, 0.3) is 54.9 Å². The Hall–Kier alpha value is -6.70. The van der Waals surface area contributed by atoms with Gasteiger partial charge in [0.25, 0.3) is 0 Å². The van der Waals surface area contributed by atoms with Gasteiger partial charge in [0.1, 0.15) is 0 Å². The molecule has 9 aromatic carbocycles. The molecule has 0 aromatic heterocycles. The molecule has 0 amide bonds. The maximum Gasteiger partial charge on any atom is 0.0540 e. The Morgan fingerprint density at radius 1 is 0.441 bits per heavy atom. The van der Waals surface area contributed by atoms with Crippen molar-refractivity contribution in [2.45, 2.75) is 50.4 Å². The summed E-state index contributed by atoms with van der Waals surface area (Å²) < 4.78 is 0. The molecule has 2 aliphatic carbocycles.